The van der Waals surface area contributed by atoms with E-state index in [-0.39, 0.29) is 6.04 Å². The fourth-order valence-corrected chi connectivity index (χ4v) is 4.66. The fraction of sp³-hybridized carbons (Fsp3) is 0.714. The molecule has 4 nitrogen and oxygen atoms in total. The average Bonchev–Trinajstić information content (AvgIpc) is 2.86. The Hall–Kier alpha value is -0.430. The van der Waals surface area contributed by atoms with Gasteiger partial charge in [-0.15, -0.1) is 11.3 Å². The van der Waals surface area contributed by atoms with Crippen LogP contribution in [0.15, 0.2) is 15.7 Å². The molecule has 0 saturated carbocycles. The molecule has 0 fully saturated rings. The van der Waals surface area contributed by atoms with E-state index in [1.165, 1.54) is 11.3 Å². The van der Waals surface area contributed by atoms with E-state index >= 15 is 0 Å². The zero-order chi connectivity index (χ0) is 15.0. The summed E-state index contributed by atoms with van der Waals surface area (Å²) in [6, 6.07) is 1.81. The molecular formula is C14H26N2O2S2. The zero-order valence-corrected chi connectivity index (χ0v) is 14.2. The lowest BCUT2D eigenvalue weighted by Crippen LogP contribution is -2.34. The minimum absolute atomic E-state index is 0.0554. The number of hydrogen-bond donors (Lipinski definition) is 2. The Bertz CT molecular complexity index is 483. The van der Waals surface area contributed by atoms with Crippen LogP contribution in [0.5, 0.6) is 0 Å². The third-order valence-electron chi connectivity index (χ3n) is 3.14. The number of unbranched alkanes of at least 4 members (excludes halogenated alkanes) is 1. The highest BCUT2D eigenvalue weighted by Gasteiger charge is 2.21. The van der Waals surface area contributed by atoms with Crippen LogP contribution in [-0.4, -0.2) is 21.5 Å². The van der Waals surface area contributed by atoms with Crippen molar-refractivity contribution < 1.29 is 8.42 Å². The van der Waals surface area contributed by atoms with Crippen LogP contribution in [-0.2, 0) is 16.6 Å². The van der Waals surface area contributed by atoms with Gasteiger partial charge < -0.3 is 5.32 Å². The van der Waals surface area contributed by atoms with E-state index in [4.69, 9.17) is 0 Å². The summed E-state index contributed by atoms with van der Waals surface area (Å²) in [6.45, 7) is 4.91. The molecule has 0 radical (unpaired) electrons. The van der Waals surface area contributed by atoms with Gasteiger partial charge in [-0.3, -0.25) is 0 Å². The molecule has 0 aliphatic rings. The lowest BCUT2D eigenvalue weighted by Gasteiger charge is -2.17. The Labute approximate surface area is 127 Å². The molecule has 0 spiro atoms. The summed E-state index contributed by atoms with van der Waals surface area (Å²) in [5.41, 5.74) is 1.01. The molecule has 1 aromatic rings. The Morgan fingerprint density at radius 3 is 2.60 bits per heavy atom. The molecule has 0 aliphatic carbocycles. The van der Waals surface area contributed by atoms with Gasteiger partial charge in [0.25, 0.3) is 0 Å². The normalized spacial score (nSPS) is 13.6. The molecule has 116 valence electrons. The van der Waals surface area contributed by atoms with Crippen LogP contribution in [0.2, 0.25) is 0 Å². The van der Waals surface area contributed by atoms with Crippen molar-refractivity contribution in [2.45, 2.75) is 62.7 Å². The van der Waals surface area contributed by atoms with Crippen LogP contribution in [0.25, 0.3) is 0 Å². The van der Waals surface area contributed by atoms with E-state index in [0.29, 0.717) is 10.8 Å². The van der Waals surface area contributed by atoms with Crippen molar-refractivity contribution in [2.24, 2.45) is 0 Å². The molecule has 2 N–H and O–H groups in total. The molecule has 1 heterocycles. The van der Waals surface area contributed by atoms with Gasteiger partial charge in [-0.25, -0.2) is 13.1 Å². The highest BCUT2D eigenvalue weighted by atomic mass is 32.2. The van der Waals surface area contributed by atoms with Gasteiger partial charge in [0.05, 0.1) is 0 Å². The maximum absolute atomic E-state index is 12.4. The SMILES string of the molecule is CCCCC(CCC)NS(=O)(=O)c1cc(CNC)cs1. The Morgan fingerprint density at radius 2 is 2.00 bits per heavy atom. The topological polar surface area (TPSA) is 58.2 Å². The summed E-state index contributed by atoms with van der Waals surface area (Å²) >= 11 is 1.29. The highest BCUT2D eigenvalue weighted by molar-refractivity contribution is 7.91. The van der Waals surface area contributed by atoms with E-state index < -0.39 is 10.0 Å². The monoisotopic (exact) mass is 318 g/mol. The first-order valence-electron chi connectivity index (χ1n) is 7.27. The van der Waals surface area contributed by atoms with E-state index in [9.17, 15) is 8.42 Å². The Balaban J connectivity index is 2.74. The van der Waals surface area contributed by atoms with Crippen LogP contribution in [0, 0.1) is 0 Å². The van der Waals surface area contributed by atoms with Crippen LogP contribution in [0.4, 0.5) is 0 Å². The van der Waals surface area contributed by atoms with Gasteiger partial charge in [-0.1, -0.05) is 33.1 Å². The van der Waals surface area contributed by atoms with E-state index in [0.717, 1.165) is 37.7 Å². The smallest absolute Gasteiger partial charge is 0.250 e. The molecule has 1 atom stereocenters. The zero-order valence-electron chi connectivity index (χ0n) is 12.6. The number of rotatable bonds is 10. The van der Waals surface area contributed by atoms with Crippen molar-refractivity contribution in [2.75, 3.05) is 7.05 Å². The quantitative estimate of drug-likeness (QED) is 0.697. The third-order valence-corrected chi connectivity index (χ3v) is 6.15. The lowest BCUT2D eigenvalue weighted by molar-refractivity contribution is 0.484. The van der Waals surface area contributed by atoms with E-state index in [1.54, 1.807) is 6.07 Å². The van der Waals surface area contributed by atoms with Gasteiger partial charge in [-0.2, -0.15) is 0 Å². The minimum Gasteiger partial charge on any atom is -0.316 e. The summed E-state index contributed by atoms with van der Waals surface area (Å²) in [7, 11) is -1.52. The first-order chi connectivity index (χ1) is 9.53. The van der Waals surface area contributed by atoms with Gasteiger partial charge in [0.2, 0.25) is 10.0 Å². The second-order valence-electron chi connectivity index (χ2n) is 5.05. The van der Waals surface area contributed by atoms with Crippen LogP contribution < -0.4 is 10.0 Å². The van der Waals surface area contributed by atoms with Crippen molar-refractivity contribution >= 4 is 21.4 Å². The number of nitrogens with one attached hydrogen (secondary N) is 2. The van der Waals surface area contributed by atoms with Crippen molar-refractivity contribution in [3.63, 3.8) is 0 Å². The summed E-state index contributed by atoms with van der Waals surface area (Å²) in [5.74, 6) is 0. The maximum Gasteiger partial charge on any atom is 0.250 e. The molecule has 0 saturated heterocycles. The Morgan fingerprint density at radius 1 is 1.25 bits per heavy atom. The molecule has 1 aromatic heterocycles. The van der Waals surface area contributed by atoms with Gasteiger partial charge in [0.1, 0.15) is 4.21 Å². The average molecular weight is 319 g/mol. The molecule has 0 aromatic carbocycles. The first-order valence-corrected chi connectivity index (χ1v) is 9.64. The lowest BCUT2D eigenvalue weighted by atomic mass is 10.1. The van der Waals surface area contributed by atoms with Crippen LogP contribution in [0.1, 0.15) is 51.5 Å². The second kappa shape index (κ2) is 8.77. The Kier molecular flexibility index (Phi) is 7.72. The second-order valence-corrected chi connectivity index (χ2v) is 7.91. The van der Waals surface area contributed by atoms with E-state index in [2.05, 4.69) is 23.9 Å². The molecule has 20 heavy (non-hydrogen) atoms. The molecule has 0 amide bonds. The van der Waals surface area contributed by atoms with Crippen LogP contribution in [0.3, 0.4) is 0 Å². The fourth-order valence-electron chi connectivity index (χ4n) is 2.13. The number of thiophene rings is 1. The first kappa shape index (κ1) is 17.6. The summed E-state index contributed by atoms with van der Waals surface area (Å²) in [5, 5.41) is 4.92. The largest absolute Gasteiger partial charge is 0.316 e. The molecule has 6 heteroatoms. The summed E-state index contributed by atoms with van der Waals surface area (Å²) in [6.07, 6.45) is 4.95. The van der Waals surface area contributed by atoms with Crippen LogP contribution >= 0.6 is 11.3 Å². The van der Waals surface area contributed by atoms with Gasteiger partial charge in [0.15, 0.2) is 0 Å². The summed E-state index contributed by atoms with van der Waals surface area (Å²) in [4.78, 5) is 0. The molecule has 1 unspecified atom stereocenters. The van der Waals surface area contributed by atoms with Crippen molar-refractivity contribution in [1.82, 2.24) is 10.0 Å². The standard InChI is InChI=1S/C14H26N2O2S2/c1-4-6-8-13(7-5-2)16-20(17,18)14-9-12(10-15-3)11-19-14/h9,11,13,15-16H,4-8,10H2,1-3H3. The van der Waals surface area contributed by atoms with Gasteiger partial charge >= 0.3 is 0 Å². The predicted octanol–water partition coefficient (Wildman–Crippen LogP) is 3.10. The van der Waals surface area contributed by atoms with Crippen molar-refractivity contribution in [1.29, 1.82) is 0 Å². The molecule has 0 aliphatic heterocycles. The van der Waals surface area contributed by atoms with Crippen molar-refractivity contribution in [3.05, 3.63) is 17.0 Å². The molecule has 0 bridgehead atoms. The summed E-state index contributed by atoms with van der Waals surface area (Å²) < 4.78 is 28.0. The third kappa shape index (κ3) is 5.52. The van der Waals surface area contributed by atoms with Gasteiger partial charge in [-0.05, 0) is 36.9 Å². The minimum atomic E-state index is -3.37. The van der Waals surface area contributed by atoms with E-state index in [1.807, 2.05) is 12.4 Å². The predicted molar refractivity (Wildman–Crippen MR) is 85.6 cm³/mol. The number of hydrogen-bond acceptors (Lipinski definition) is 4. The highest BCUT2D eigenvalue weighted by Crippen LogP contribution is 2.21. The van der Waals surface area contributed by atoms with Gasteiger partial charge in [0, 0.05) is 12.6 Å². The molecular weight excluding hydrogens is 292 g/mol. The molecule has 1 rings (SSSR count). The van der Waals surface area contributed by atoms with Crippen molar-refractivity contribution in [3.8, 4) is 0 Å². The maximum atomic E-state index is 12.4. The number of sulfonamides is 1.